The Morgan fingerprint density at radius 1 is 1.53 bits per heavy atom. The molecule has 1 rings (SSSR count). The van der Waals surface area contributed by atoms with E-state index in [1.54, 1.807) is 11.8 Å². The summed E-state index contributed by atoms with van der Waals surface area (Å²) in [6, 6.07) is 0. The molecule has 0 aromatic carbocycles. The summed E-state index contributed by atoms with van der Waals surface area (Å²) < 4.78 is 29.4. The Morgan fingerprint density at radius 3 is 2.68 bits per heavy atom. The highest BCUT2D eigenvalue weighted by Gasteiger charge is 2.27. The van der Waals surface area contributed by atoms with E-state index in [1.807, 2.05) is 0 Å². The Morgan fingerprint density at radius 2 is 2.16 bits per heavy atom. The van der Waals surface area contributed by atoms with Crippen molar-refractivity contribution in [1.29, 1.82) is 0 Å². The van der Waals surface area contributed by atoms with E-state index in [2.05, 4.69) is 22.9 Å². The van der Waals surface area contributed by atoms with Crippen LogP contribution in [0.2, 0.25) is 0 Å². The lowest BCUT2D eigenvalue weighted by molar-refractivity contribution is 0.521. The number of nitrogens with zero attached hydrogens (tertiary/aromatic N) is 2. The molecule has 19 heavy (non-hydrogen) atoms. The van der Waals surface area contributed by atoms with Crippen molar-refractivity contribution in [2.45, 2.75) is 23.5 Å². The van der Waals surface area contributed by atoms with Crippen LogP contribution in [0.25, 0.3) is 0 Å². The van der Waals surface area contributed by atoms with Crippen LogP contribution in [0.1, 0.15) is 13.3 Å². The first-order valence-corrected chi connectivity index (χ1v) is 9.25. The van der Waals surface area contributed by atoms with Crippen molar-refractivity contribution in [3.8, 4) is 0 Å². The average Bonchev–Trinajstić information content (AvgIpc) is 2.70. The smallest absolute Gasteiger partial charge is 0.249 e. The average molecular weight is 324 g/mol. The van der Waals surface area contributed by atoms with Crippen LogP contribution in [0.4, 0.5) is 10.8 Å². The quantitative estimate of drug-likeness (QED) is 0.791. The molecule has 1 atom stereocenters. The van der Waals surface area contributed by atoms with Crippen LogP contribution in [0, 0.1) is 0 Å². The van der Waals surface area contributed by atoms with Crippen LogP contribution in [-0.4, -0.2) is 49.2 Å². The molecule has 0 bridgehead atoms. The standard InChI is InChI=1S/C10H20N4O2S3/c1-7(17-4)5-6-12-10-8(9(11)13-18-10)19(15,16)14(2)3/h7,12H,5-6H2,1-4H3,(H2,11,13). The Kier molecular flexibility index (Phi) is 5.90. The molecule has 0 spiro atoms. The van der Waals surface area contributed by atoms with Gasteiger partial charge >= 0.3 is 0 Å². The van der Waals surface area contributed by atoms with Crippen molar-refractivity contribution < 1.29 is 8.42 Å². The zero-order valence-corrected chi connectivity index (χ0v) is 14.0. The number of thioether (sulfide) groups is 1. The second kappa shape index (κ2) is 6.78. The van der Waals surface area contributed by atoms with Gasteiger partial charge in [-0.2, -0.15) is 16.1 Å². The van der Waals surface area contributed by atoms with E-state index in [-0.39, 0.29) is 10.7 Å². The Hall–Kier alpha value is -0.510. The zero-order chi connectivity index (χ0) is 14.6. The molecule has 1 heterocycles. The maximum Gasteiger partial charge on any atom is 0.249 e. The minimum atomic E-state index is -3.56. The number of hydrogen-bond donors (Lipinski definition) is 2. The van der Waals surface area contributed by atoms with Crippen LogP contribution in [-0.2, 0) is 10.0 Å². The lowest BCUT2D eigenvalue weighted by atomic mass is 10.3. The van der Waals surface area contributed by atoms with E-state index < -0.39 is 10.0 Å². The van der Waals surface area contributed by atoms with Crippen LogP contribution in [0.3, 0.4) is 0 Å². The van der Waals surface area contributed by atoms with Gasteiger partial charge in [0.15, 0.2) is 10.7 Å². The summed E-state index contributed by atoms with van der Waals surface area (Å²) in [4.78, 5) is 0.0827. The molecule has 1 unspecified atom stereocenters. The van der Waals surface area contributed by atoms with Gasteiger partial charge in [-0.05, 0) is 24.2 Å². The van der Waals surface area contributed by atoms with E-state index in [4.69, 9.17) is 5.73 Å². The molecule has 9 heteroatoms. The molecular weight excluding hydrogens is 304 g/mol. The third-order valence-corrected chi connectivity index (χ3v) is 6.53. The van der Waals surface area contributed by atoms with E-state index in [9.17, 15) is 8.42 Å². The molecule has 0 fully saturated rings. The summed E-state index contributed by atoms with van der Waals surface area (Å²) in [5.74, 6) is 0.0547. The summed E-state index contributed by atoms with van der Waals surface area (Å²) >= 11 is 2.86. The lowest BCUT2D eigenvalue weighted by Crippen LogP contribution is -2.23. The molecular formula is C10H20N4O2S3. The van der Waals surface area contributed by atoms with Gasteiger partial charge in [0, 0.05) is 25.9 Å². The Labute approximate surface area is 123 Å². The van der Waals surface area contributed by atoms with Gasteiger partial charge in [-0.15, -0.1) is 0 Å². The Bertz CT molecular complexity index is 513. The number of nitrogens with one attached hydrogen (secondary N) is 1. The highest BCUT2D eigenvalue weighted by Crippen LogP contribution is 2.32. The number of nitrogens with two attached hydrogens (primary N) is 1. The first-order valence-electron chi connectivity index (χ1n) is 5.75. The lowest BCUT2D eigenvalue weighted by Gasteiger charge is -2.13. The molecule has 0 aliphatic carbocycles. The normalized spacial score (nSPS) is 13.7. The van der Waals surface area contributed by atoms with Gasteiger partial charge in [-0.3, -0.25) is 0 Å². The molecule has 0 saturated carbocycles. The maximum atomic E-state index is 12.2. The van der Waals surface area contributed by atoms with Crippen molar-refractivity contribution in [2.24, 2.45) is 0 Å². The minimum absolute atomic E-state index is 0.0547. The predicted molar refractivity (Wildman–Crippen MR) is 83.5 cm³/mol. The minimum Gasteiger partial charge on any atom is -0.382 e. The second-order valence-corrected chi connectivity index (χ2v) is 8.41. The van der Waals surface area contributed by atoms with Crippen molar-refractivity contribution in [1.82, 2.24) is 8.68 Å². The number of anilines is 2. The molecule has 0 aliphatic heterocycles. The fourth-order valence-corrected chi connectivity index (χ4v) is 3.80. The van der Waals surface area contributed by atoms with Gasteiger partial charge in [-0.25, -0.2) is 12.7 Å². The van der Waals surface area contributed by atoms with Gasteiger partial charge in [0.05, 0.1) is 0 Å². The molecule has 1 aromatic heterocycles. The Balaban J connectivity index is 2.87. The summed E-state index contributed by atoms with van der Waals surface area (Å²) in [5.41, 5.74) is 5.67. The molecule has 0 radical (unpaired) electrons. The summed E-state index contributed by atoms with van der Waals surface area (Å²) in [6.45, 7) is 2.82. The molecule has 0 amide bonds. The molecule has 6 nitrogen and oxygen atoms in total. The van der Waals surface area contributed by atoms with E-state index >= 15 is 0 Å². The molecule has 110 valence electrons. The third kappa shape index (κ3) is 3.98. The summed E-state index contributed by atoms with van der Waals surface area (Å²) in [7, 11) is -0.606. The first kappa shape index (κ1) is 16.5. The van der Waals surface area contributed by atoms with Crippen LogP contribution < -0.4 is 11.1 Å². The largest absolute Gasteiger partial charge is 0.382 e. The number of nitrogen functional groups attached to an aromatic ring is 1. The number of rotatable bonds is 7. The highest BCUT2D eigenvalue weighted by molar-refractivity contribution is 7.99. The maximum absolute atomic E-state index is 12.2. The van der Waals surface area contributed by atoms with Crippen LogP contribution >= 0.6 is 23.3 Å². The molecule has 0 saturated heterocycles. The van der Waals surface area contributed by atoms with Gasteiger partial charge < -0.3 is 11.1 Å². The molecule has 3 N–H and O–H groups in total. The fraction of sp³-hybridized carbons (Fsp3) is 0.700. The molecule has 0 aliphatic rings. The SMILES string of the molecule is CSC(C)CCNc1snc(N)c1S(=O)(=O)N(C)C. The van der Waals surface area contributed by atoms with Crippen LogP contribution in [0.15, 0.2) is 4.90 Å². The topological polar surface area (TPSA) is 88.3 Å². The number of hydrogen-bond acceptors (Lipinski definition) is 7. The fourth-order valence-electron chi connectivity index (χ4n) is 1.35. The van der Waals surface area contributed by atoms with Gasteiger partial charge in [0.2, 0.25) is 10.0 Å². The monoisotopic (exact) mass is 324 g/mol. The second-order valence-electron chi connectivity index (χ2n) is 4.28. The third-order valence-electron chi connectivity index (χ3n) is 2.65. The number of sulfonamides is 1. The molecule has 1 aromatic rings. The summed E-state index contributed by atoms with van der Waals surface area (Å²) in [5, 5.41) is 4.15. The van der Waals surface area contributed by atoms with Gasteiger partial charge in [-0.1, -0.05) is 6.92 Å². The highest BCUT2D eigenvalue weighted by atomic mass is 32.2. The summed E-state index contributed by atoms with van der Waals surface area (Å²) in [6.07, 6.45) is 3.00. The number of aromatic nitrogens is 1. The zero-order valence-electron chi connectivity index (χ0n) is 11.5. The van der Waals surface area contributed by atoms with Crippen molar-refractivity contribution >= 4 is 44.1 Å². The van der Waals surface area contributed by atoms with Crippen molar-refractivity contribution in [3.63, 3.8) is 0 Å². The van der Waals surface area contributed by atoms with Gasteiger partial charge in [0.1, 0.15) is 5.00 Å². The van der Waals surface area contributed by atoms with Crippen molar-refractivity contribution in [2.75, 3.05) is 37.9 Å². The van der Waals surface area contributed by atoms with Crippen LogP contribution in [0.5, 0.6) is 0 Å². The van der Waals surface area contributed by atoms with E-state index in [1.165, 1.54) is 14.1 Å². The predicted octanol–water partition coefficient (Wildman–Crippen LogP) is 1.53. The first-order chi connectivity index (χ1) is 8.80. The van der Waals surface area contributed by atoms with E-state index in [0.717, 1.165) is 22.3 Å². The van der Waals surface area contributed by atoms with Gasteiger partial charge in [0.25, 0.3) is 0 Å². The van der Waals surface area contributed by atoms with Crippen molar-refractivity contribution in [3.05, 3.63) is 0 Å². The van der Waals surface area contributed by atoms with E-state index in [0.29, 0.717) is 16.8 Å².